The van der Waals surface area contributed by atoms with Gasteiger partial charge >= 0.3 is 11.9 Å². The molecule has 2 rings (SSSR count). The molecule has 5 heteroatoms. The topological polar surface area (TPSA) is 66.8 Å². The number of aryl methyl sites for hydroxylation is 1. The zero-order chi connectivity index (χ0) is 24.3. The minimum absolute atomic E-state index is 0.115. The van der Waals surface area contributed by atoms with Gasteiger partial charge in [-0.15, -0.1) is 0 Å². The van der Waals surface area contributed by atoms with E-state index in [-0.39, 0.29) is 11.1 Å². The molecule has 33 heavy (non-hydrogen) atoms. The molecule has 0 bridgehead atoms. The van der Waals surface area contributed by atoms with Crippen molar-refractivity contribution in [2.75, 3.05) is 26.7 Å². The molecule has 0 saturated carbocycles. The molecule has 1 aromatic carbocycles. The van der Waals surface area contributed by atoms with Crippen molar-refractivity contribution in [2.24, 2.45) is 0 Å². The fourth-order valence-electron chi connectivity index (χ4n) is 3.93. The smallest absolute Gasteiger partial charge is 0.339 e. The number of rotatable bonds is 16. The average molecular weight is 462 g/mol. The summed E-state index contributed by atoms with van der Waals surface area (Å²) >= 11 is 0. The van der Waals surface area contributed by atoms with Crippen LogP contribution in [0.3, 0.4) is 0 Å². The molecule has 188 valence electrons. The van der Waals surface area contributed by atoms with Gasteiger partial charge in [-0.1, -0.05) is 90.2 Å². The highest BCUT2D eigenvalue weighted by Gasteiger charge is 2.21. The predicted octanol–water partition coefficient (Wildman–Crippen LogP) is 7.13. The maximum Gasteiger partial charge on any atom is 0.339 e. The molecule has 1 aliphatic rings. The fraction of sp³-hybridized carbons (Fsp3) is 0.714. The highest BCUT2D eigenvalue weighted by atomic mass is 16.5. The number of esters is 1. The van der Waals surface area contributed by atoms with E-state index >= 15 is 0 Å². The lowest BCUT2D eigenvalue weighted by Gasteiger charge is -2.24. The van der Waals surface area contributed by atoms with Gasteiger partial charge in [0.05, 0.1) is 17.7 Å². The largest absolute Gasteiger partial charge is 0.478 e. The molecule has 1 heterocycles. The summed E-state index contributed by atoms with van der Waals surface area (Å²) in [6, 6.07) is 5.15. The molecule has 5 nitrogen and oxygen atoms in total. The fourth-order valence-corrected chi connectivity index (χ4v) is 3.93. The molecule has 1 aromatic rings. The normalized spacial score (nSPS) is 13.1. The van der Waals surface area contributed by atoms with E-state index in [1.54, 1.807) is 12.1 Å². The Bertz CT molecular complexity index is 670. The maximum atomic E-state index is 12.4. The zero-order valence-corrected chi connectivity index (χ0v) is 21.4. The summed E-state index contributed by atoms with van der Waals surface area (Å²) < 4.78 is 5.35. The number of benzene rings is 1. The summed E-state index contributed by atoms with van der Waals surface area (Å²) in [6.45, 7) is 7.37. The van der Waals surface area contributed by atoms with Gasteiger partial charge in [0.15, 0.2) is 0 Å². The zero-order valence-electron chi connectivity index (χ0n) is 21.4. The van der Waals surface area contributed by atoms with Gasteiger partial charge < -0.3 is 14.7 Å². The molecule has 0 radical (unpaired) electrons. The van der Waals surface area contributed by atoms with Gasteiger partial charge in [0, 0.05) is 0 Å². The van der Waals surface area contributed by atoms with Gasteiger partial charge in [-0.3, -0.25) is 0 Å². The quantitative estimate of drug-likeness (QED) is 0.209. The summed E-state index contributed by atoms with van der Waals surface area (Å²) in [5.74, 6) is -1.57. The maximum absolute atomic E-state index is 12.4. The molecule has 0 spiro atoms. The summed E-state index contributed by atoms with van der Waals surface area (Å²) in [7, 11) is 2.14. The number of hydrogen-bond donors (Lipinski definition) is 1. The lowest BCUT2D eigenvalue weighted by atomic mass is 9.96. The third-order valence-corrected chi connectivity index (χ3v) is 6.19. The van der Waals surface area contributed by atoms with Crippen molar-refractivity contribution in [2.45, 2.75) is 104 Å². The molecular formula is C28H47NO4. The predicted molar refractivity (Wildman–Crippen MR) is 136 cm³/mol. The Morgan fingerprint density at radius 3 is 1.94 bits per heavy atom. The first-order valence-electron chi connectivity index (χ1n) is 13.2. The van der Waals surface area contributed by atoms with Gasteiger partial charge in [0.25, 0.3) is 0 Å². The van der Waals surface area contributed by atoms with Crippen LogP contribution in [0, 0.1) is 0 Å². The van der Waals surface area contributed by atoms with Crippen LogP contribution in [-0.2, 0) is 11.2 Å². The van der Waals surface area contributed by atoms with E-state index in [1.807, 2.05) is 6.07 Å². The molecule has 0 aromatic heterocycles. The number of carbonyl (C=O) groups excluding carboxylic acids is 1. The summed E-state index contributed by atoms with van der Waals surface area (Å²) in [4.78, 5) is 26.5. The summed E-state index contributed by atoms with van der Waals surface area (Å²) in [5, 5.41) is 9.65. The van der Waals surface area contributed by atoms with Crippen molar-refractivity contribution in [3.05, 3.63) is 34.9 Å². The Morgan fingerprint density at radius 1 is 0.879 bits per heavy atom. The van der Waals surface area contributed by atoms with Crippen LogP contribution in [0.4, 0.5) is 0 Å². The first-order chi connectivity index (χ1) is 16.0. The number of carboxylic acids is 1. The first kappa shape index (κ1) is 29.2. The van der Waals surface area contributed by atoms with Gasteiger partial charge in [0.2, 0.25) is 0 Å². The van der Waals surface area contributed by atoms with Gasteiger partial charge in [-0.2, -0.15) is 0 Å². The Labute approximate surface area is 201 Å². The van der Waals surface area contributed by atoms with Gasteiger partial charge in [0.1, 0.15) is 0 Å². The van der Waals surface area contributed by atoms with Crippen molar-refractivity contribution in [3.63, 3.8) is 0 Å². The average Bonchev–Trinajstić information content (AvgIpc) is 2.79. The van der Waals surface area contributed by atoms with Crippen LogP contribution < -0.4 is 0 Å². The van der Waals surface area contributed by atoms with Gasteiger partial charge in [-0.25, -0.2) is 9.59 Å². The van der Waals surface area contributed by atoms with E-state index in [1.165, 1.54) is 64.5 Å². The van der Waals surface area contributed by atoms with Gasteiger partial charge in [-0.05, 0) is 57.5 Å². The molecule has 1 fully saturated rings. The number of carboxylic acid groups (broad SMARTS) is 1. The lowest BCUT2D eigenvalue weighted by Crippen LogP contribution is -2.32. The highest BCUT2D eigenvalue weighted by Crippen LogP contribution is 2.20. The number of hydrogen-bond acceptors (Lipinski definition) is 4. The Balaban J connectivity index is 0.000000953. The molecule has 0 aliphatic carbocycles. The van der Waals surface area contributed by atoms with Crippen molar-refractivity contribution in [1.29, 1.82) is 0 Å². The molecule has 1 N–H and O–H groups in total. The van der Waals surface area contributed by atoms with E-state index in [9.17, 15) is 14.7 Å². The third-order valence-electron chi connectivity index (χ3n) is 6.19. The molecule has 0 amide bonds. The molecule has 1 aliphatic heterocycles. The van der Waals surface area contributed by atoms with E-state index in [0.717, 1.165) is 37.7 Å². The highest BCUT2D eigenvalue weighted by molar-refractivity contribution is 6.03. The summed E-state index contributed by atoms with van der Waals surface area (Å²) in [6.07, 6.45) is 15.7. The van der Waals surface area contributed by atoms with Crippen molar-refractivity contribution in [1.82, 2.24) is 4.90 Å². The Hall–Kier alpha value is -1.88. The van der Waals surface area contributed by atoms with Crippen LogP contribution in [0.1, 0.15) is 124 Å². The minimum Gasteiger partial charge on any atom is -0.478 e. The van der Waals surface area contributed by atoms with Crippen LogP contribution in [0.2, 0.25) is 0 Å². The SMILES string of the molecule is CCCCCCCCOC(=O)c1cccc(CCCCCCCC)c1C(=O)O.CN1CCC1. The number of nitrogens with zero attached hydrogens (tertiary/aromatic N) is 1. The van der Waals surface area contributed by atoms with Crippen LogP contribution in [-0.4, -0.2) is 48.7 Å². The second kappa shape index (κ2) is 18.5. The first-order valence-corrected chi connectivity index (χ1v) is 13.2. The number of carbonyl (C=O) groups is 2. The molecule has 0 unspecified atom stereocenters. The van der Waals surface area contributed by atoms with Crippen molar-refractivity contribution >= 4 is 11.9 Å². The van der Waals surface area contributed by atoms with Crippen LogP contribution in [0.5, 0.6) is 0 Å². The number of ether oxygens (including phenoxy) is 1. The molecule has 1 saturated heterocycles. The minimum atomic E-state index is -1.05. The van der Waals surface area contributed by atoms with E-state index < -0.39 is 11.9 Å². The Morgan fingerprint density at radius 2 is 1.42 bits per heavy atom. The van der Waals surface area contributed by atoms with Crippen LogP contribution in [0.25, 0.3) is 0 Å². The van der Waals surface area contributed by atoms with Crippen LogP contribution in [0.15, 0.2) is 18.2 Å². The third kappa shape index (κ3) is 12.8. The number of aromatic carboxylic acids is 1. The van der Waals surface area contributed by atoms with E-state index in [4.69, 9.17) is 4.74 Å². The summed E-state index contributed by atoms with van der Waals surface area (Å²) in [5.41, 5.74) is 1.03. The molecular weight excluding hydrogens is 414 g/mol. The van der Waals surface area contributed by atoms with E-state index in [0.29, 0.717) is 13.0 Å². The number of unbranched alkanes of at least 4 members (excludes halogenated alkanes) is 10. The monoisotopic (exact) mass is 461 g/mol. The Kier molecular flexibility index (Phi) is 16.4. The second-order valence-electron chi connectivity index (χ2n) is 9.22. The second-order valence-corrected chi connectivity index (χ2v) is 9.22. The number of likely N-dealkylation sites (tertiary alicyclic amines) is 1. The van der Waals surface area contributed by atoms with Crippen molar-refractivity contribution < 1.29 is 19.4 Å². The van der Waals surface area contributed by atoms with Crippen LogP contribution >= 0.6 is 0 Å². The standard InChI is InChI=1S/C24H38O4.C4H9N/c1-3-5-7-9-11-13-16-20-17-15-18-21(22(20)23(25)26)24(27)28-19-14-12-10-8-6-4-2;1-5-3-2-4-5/h15,17-18H,3-14,16,19H2,1-2H3,(H,25,26);2-4H2,1H3. The van der Waals surface area contributed by atoms with E-state index in [2.05, 4.69) is 25.8 Å². The van der Waals surface area contributed by atoms with Crippen molar-refractivity contribution in [3.8, 4) is 0 Å². The molecule has 0 atom stereocenters. The lowest BCUT2D eigenvalue weighted by molar-refractivity contribution is 0.0487.